The zero-order valence-corrected chi connectivity index (χ0v) is 12.1. The molecule has 0 aliphatic carbocycles. The van der Waals surface area contributed by atoms with E-state index in [4.69, 9.17) is 23.2 Å². The van der Waals surface area contributed by atoms with Gasteiger partial charge in [-0.15, -0.1) is 10.2 Å². The molecule has 2 heterocycles. The molecule has 1 aromatic heterocycles. The molecule has 0 bridgehead atoms. The average Bonchev–Trinajstić information content (AvgIpc) is 2.81. The van der Waals surface area contributed by atoms with Gasteiger partial charge in [0.15, 0.2) is 0 Å². The minimum atomic E-state index is -2.74. The molecule has 0 N–H and O–H groups in total. The van der Waals surface area contributed by atoms with Crippen LogP contribution in [0, 0.1) is 0 Å². The van der Waals surface area contributed by atoms with E-state index >= 15 is 0 Å². The van der Waals surface area contributed by atoms with E-state index in [-0.39, 0.29) is 0 Å². The Labute approximate surface area is 126 Å². The lowest BCUT2D eigenvalue weighted by Gasteiger charge is -2.14. The van der Waals surface area contributed by atoms with Crippen LogP contribution in [0.5, 0.6) is 0 Å². The molecule has 0 saturated heterocycles. The molecule has 1 aliphatic heterocycles. The molecular weight excluding hydrogens is 329 g/mol. The Kier molecular flexibility index (Phi) is 3.66. The standard InChI is InChI=1S/C11H6Cl2F2N4S/c12-5-1-2-6(7(13)3-5)8-4-20-11-17-16-10(9(14)15)19(11)18-8/h1-3,9H,4H2. The third-order valence-corrected chi connectivity index (χ3v) is 4.11. The van der Waals surface area contributed by atoms with E-state index in [0.717, 1.165) is 4.68 Å². The van der Waals surface area contributed by atoms with Gasteiger partial charge in [-0.05, 0) is 12.1 Å². The van der Waals surface area contributed by atoms with Gasteiger partial charge in [-0.3, -0.25) is 0 Å². The number of thioether (sulfide) groups is 1. The molecule has 9 heteroatoms. The second kappa shape index (κ2) is 5.31. The first-order valence-corrected chi connectivity index (χ1v) is 7.20. The van der Waals surface area contributed by atoms with Crippen molar-refractivity contribution in [2.24, 2.45) is 5.10 Å². The Hall–Kier alpha value is -1.18. The summed E-state index contributed by atoms with van der Waals surface area (Å²) < 4.78 is 26.7. The van der Waals surface area contributed by atoms with Crippen LogP contribution in [0.2, 0.25) is 10.0 Å². The highest BCUT2D eigenvalue weighted by atomic mass is 35.5. The topological polar surface area (TPSA) is 43.1 Å². The van der Waals surface area contributed by atoms with Crippen LogP contribution in [0.15, 0.2) is 28.5 Å². The van der Waals surface area contributed by atoms with Crippen molar-refractivity contribution >= 4 is 40.7 Å². The van der Waals surface area contributed by atoms with Crippen molar-refractivity contribution in [1.82, 2.24) is 14.9 Å². The van der Waals surface area contributed by atoms with Crippen LogP contribution in [-0.2, 0) is 0 Å². The highest BCUT2D eigenvalue weighted by molar-refractivity contribution is 7.99. The van der Waals surface area contributed by atoms with Crippen molar-refractivity contribution in [3.63, 3.8) is 0 Å². The molecule has 20 heavy (non-hydrogen) atoms. The first-order chi connectivity index (χ1) is 9.56. The number of benzene rings is 1. The van der Waals surface area contributed by atoms with Crippen molar-refractivity contribution in [2.45, 2.75) is 11.6 Å². The first-order valence-electron chi connectivity index (χ1n) is 5.46. The highest BCUT2D eigenvalue weighted by Gasteiger charge is 2.25. The van der Waals surface area contributed by atoms with Gasteiger partial charge >= 0.3 is 0 Å². The van der Waals surface area contributed by atoms with Crippen molar-refractivity contribution < 1.29 is 8.78 Å². The van der Waals surface area contributed by atoms with Crippen LogP contribution in [0.1, 0.15) is 17.8 Å². The number of alkyl halides is 2. The summed E-state index contributed by atoms with van der Waals surface area (Å²) in [6.07, 6.45) is -2.74. The van der Waals surface area contributed by atoms with Crippen molar-refractivity contribution in [2.75, 3.05) is 5.75 Å². The van der Waals surface area contributed by atoms with E-state index in [9.17, 15) is 8.78 Å². The third kappa shape index (κ3) is 2.41. The van der Waals surface area contributed by atoms with Crippen LogP contribution < -0.4 is 0 Å². The lowest BCUT2D eigenvalue weighted by atomic mass is 10.1. The maximum absolute atomic E-state index is 12.8. The summed E-state index contributed by atoms with van der Waals surface area (Å²) in [5, 5.41) is 12.6. The summed E-state index contributed by atoms with van der Waals surface area (Å²) in [6.45, 7) is 0. The molecule has 0 unspecified atom stereocenters. The highest BCUT2D eigenvalue weighted by Crippen LogP contribution is 2.30. The van der Waals surface area contributed by atoms with Crippen LogP contribution in [0.4, 0.5) is 8.78 Å². The zero-order chi connectivity index (χ0) is 14.3. The Morgan fingerprint density at radius 1 is 1.25 bits per heavy atom. The maximum Gasteiger partial charge on any atom is 0.299 e. The number of nitrogens with zero attached hydrogens (tertiary/aromatic N) is 4. The van der Waals surface area contributed by atoms with Gasteiger partial charge < -0.3 is 0 Å². The van der Waals surface area contributed by atoms with Crippen molar-refractivity contribution in [3.05, 3.63) is 39.6 Å². The number of hydrogen-bond donors (Lipinski definition) is 0. The first kappa shape index (κ1) is 13.8. The van der Waals surface area contributed by atoms with Crippen LogP contribution in [0.25, 0.3) is 0 Å². The predicted octanol–water partition coefficient (Wildman–Crippen LogP) is 3.88. The quantitative estimate of drug-likeness (QED) is 0.836. The van der Waals surface area contributed by atoms with Gasteiger partial charge in [-0.2, -0.15) is 9.78 Å². The molecule has 2 aromatic rings. The Bertz CT molecular complexity index is 702. The molecule has 104 valence electrons. The SMILES string of the molecule is FC(F)c1nnc2n1N=C(c1ccc(Cl)cc1Cl)CS2. The van der Waals surface area contributed by atoms with Gasteiger partial charge in [0.25, 0.3) is 6.43 Å². The van der Waals surface area contributed by atoms with E-state index in [1.165, 1.54) is 11.8 Å². The van der Waals surface area contributed by atoms with Crippen molar-refractivity contribution in [3.8, 4) is 0 Å². The van der Waals surface area contributed by atoms with Gasteiger partial charge in [-0.25, -0.2) is 8.78 Å². The molecule has 1 aliphatic rings. The fourth-order valence-corrected chi connectivity index (χ4v) is 3.09. The Morgan fingerprint density at radius 3 is 2.75 bits per heavy atom. The van der Waals surface area contributed by atoms with Crippen LogP contribution >= 0.6 is 35.0 Å². The second-order valence-corrected chi connectivity index (χ2v) is 5.70. The summed E-state index contributed by atoms with van der Waals surface area (Å²) in [5.74, 6) is -0.00213. The monoisotopic (exact) mass is 334 g/mol. The summed E-state index contributed by atoms with van der Waals surface area (Å²) in [7, 11) is 0. The number of halogens is 4. The van der Waals surface area contributed by atoms with Gasteiger partial charge in [0, 0.05) is 16.3 Å². The number of aromatic nitrogens is 3. The summed E-state index contributed by atoms with van der Waals surface area (Å²) >= 11 is 13.2. The summed E-state index contributed by atoms with van der Waals surface area (Å²) in [6, 6.07) is 4.97. The fourth-order valence-electron chi connectivity index (χ4n) is 1.73. The van der Waals surface area contributed by atoms with Crippen LogP contribution in [0.3, 0.4) is 0 Å². The van der Waals surface area contributed by atoms with Crippen LogP contribution in [-0.4, -0.2) is 26.3 Å². The Balaban J connectivity index is 2.07. The van der Waals surface area contributed by atoms with E-state index < -0.39 is 12.2 Å². The van der Waals surface area contributed by atoms with E-state index in [1.54, 1.807) is 18.2 Å². The number of rotatable bonds is 2. The summed E-state index contributed by atoms with van der Waals surface area (Å²) in [5.41, 5.74) is 1.23. The third-order valence-electron chi connectivity index (χ3n) is 2.63. The van der Waals surface area contributed by atoms with E-state index in [1.807, 2.05) is 0 Å². The molecule has 0 spiro atoms. The van der Waals surface area contributed by atoms with Gasteiger partial charge in [-0.1, -0.05) is 41.0 Å². The molecular formula is C11H6Cl2F2N4S. The molecule has 0 radical (unpaired) electrons. The summed E-state index contributed by atoms with van der Waals surface area (Å²) in [4.78, 5) is 0. The maximum atomic E-state index is 12.8. The normalized spacial score (nSPS) is 14.3. The molecule has 0 fully saturated rings. The minimum Gasteiger partial charge on any atom is -0.201 e. The number of fused-ring (bicyclic) bond motifs is 1. The zero-order valence-electron chi connectivity index (χ0n) is 9.73. The molecule has 0 amide bonds. The van der Waals surface area contributed by atoms with Gasteiger partial charge in [0.1, 0.15) is 0 Å². The number of hydrogen-bond acceptors (Lipinski definition) is 4. The largest absolute Gasteiger partial charge is 0.299 e. The molecule has 0 atom stereocenters. The minimum absolute atomic E-state index is 0.342. The smallest absolute Gasteiger partial charge is 0.201 e. The van der Waals surface area contributed by atoms with Gasteiger partial charge in [0.2, 0.25) is 11.0 Å². The van der Waals surface area contributed by atoms with Gasteiger partial charge in [0.05, 0.1) is 10.7 Å². The van der Waals surface area contributed by atoms with E-state index in [0.29, 0.717) is 32.2 Å². The molecule has 1 aromatic carbocycles. The second-order valence-electron chi connectivity index (χ2n) is 3.91. The molecule has 0 saturated carbocycles. The lowest BCUT2D eigenvalue weighted by Crippen LogP contribution is -2.15. The molecule has 3 rings (SSSR count). The molecule has 4 nitrogen and oxygen atoms in total. The Morgan fingerprint density at radius 2 is 2.05 bits per heavy atom. The average molecular weight is 335 g/mol. The van der Waals surface area contributed by atoms with Crippen molar-refractivity contribution in [1.29, 1.82) is 0 Å². The van der Waals surface area contributed by atoms with E-state index in [2.05, 4.69) is 15.3 Å². The lowest BCUT2D eigenvalue weighted by molar-refractivity contribution is 0.135. The fraction of sp³-hybridized carbons (Fsp3) is 0.182. The predicted molar refractivity (Wildman–Crippen MR) is 74.1 cm³/mol.